The third kappa shape index (κ3) is 6.69. The van der Waals surface area contributed by atoms with Crippen molar-refractivity contribution in [2.75, 3.05) is 36.1 Å². The summed E-state index contributed by atoms with van der Waals surface area (Å²) < 4.78 is 1.70. The second-order valence-corrected chi connectivity index (χ2v) is 14.0. The van der Waals surface area contributed by atoms with Crippen LogP contribution >= 0.6 is 58.4 Å². The van der Waals surface area contributed by atoms with Gasteiger partial charge in [0.05, 0.1) is 9.90 Å². The topological polar surface area (TPSA) is 223 Å². The molecule has 0 unspecified atom stereocenters. The van der Waals surface area contributed by atoms with Crippen LogP contribution in [0.1, 0.15) is 11.4 Å². The lowest BCUT2D eigenvalue weighted by Crippen LogP contribution is -2.71. The van der Waals surface area contributed by atoms with Gasteiger partial charge in [0.15, 0.2) is 10.1 Å². The molecular formula is C22H26N8O5S5. The van der Waals surface area contributed by atoms with E-state index >= 15 is 0 Å². The van der Waals surface area contributed by atoms with Gasteiger partial charge in [-0.2, -0.15) is 11.8 Å². The van der Waals surface area contributed by atoms with Gasteiger partial charge in [-0.3, -0.25) is 14.5 Å². The number of anilines is 1. The van der Waals surface area contributed by atoms with Crippen LogP contribution in [-0.2, 0) is 20.1 Å². The number of β-lactam (4-membered cyclic amide) rings is 1. The molecule has 2 atom stereocenters. The number of pyridine rings is 1. The largest absolute Gasteiger partial charge is 0.477 e. The maximum atomic E-state index is 13.1. The normalized spacial score (nSPS) is 18.9. The molecule has 40 heavy (non-hydrogen) atoms. The fourth-order valence-electron chi connectivity index (χ4n) is 3.74. The van der Waals surface area contributed by atoms with Crippen molar-refractivity contribution in [3.05, 3.63) is 40.2 Å². The van der Waals surface area contributed by atoms with Crippen molar-refractivity contribution in [1.29, 1.82) is 0 Å². The van der Waals surface area contributed by atoms with Crippen molar-refractivity contribution in [2.45, 2.75) is 25.7 Å². The summed E-state index contributed by atoms with van der Waals surface area (Å²) in [6.45, 7) is 1.04. The molecule has 0 bridgehead atoms. The second-order valence-electron chi connectivity index (χ2n) is 8.13. The summed E-state index contributed by atoms with van der Waals surface area (Å²) in [7, 11) is 0. The van der Waals surface area contributed by atoms with E-state index < -0.39 is 34.9 Å². The maximum Gasteiger partial charge on any atom is 0.353 e. The summed E-state index contributed by atoms with van der Waals surface area (Å²) in [4.78, 5) is 48.7. The van der Waals surface area contributed by atoms with Crippen molar-refractivity contribution in [2.24, 2.45) is 16.6 Å². The van der Waals surface area contributed by atoms with Crippen molar-refractivity contribution in [3.63, 3.8) is 0 Å². The van der Waals surface area contributed by atoms with Crippen molar-refractivity contribution < 1.29 is 24.7 Å². The number of nitrogens with two attached hydrogens (primary N) is 3. The molecule has 1 saturated heterocycles. The van der Waals surface area contributed by atoms with Crippen molar-refractivity contribution >= 4 is 87.7 Å². The number of carbonyl (C=O) groups excluding carboxylic acids is 2. The molecule has 2 aromatic rings. The predicted octanol–water partition coefficient (Wildman–Crippen LogP) is 1.03. The number of carbonyl (C=O) groups is 3. The van der Waals surface area contributed by atoms with Crippen LogP contribution < -0.4 is 22.5 Å². The third-order valence-corrected chi connectivity index (χ3v) is 11.5. The second kappa shape index (κ2) is 13.9. The van der Waals surface area contributed by atoms with Crippen LogP contribution in [0, 0.1) is 0 Å². The number of thiazole rings is 1. The van der Waals surface area contributed by atoms with Crippen LogP contribution in [0.25, 0.3) is 0 Å². The summed E-state index contributed by atoms with van der Waals surface area (Å²) in [5, 5.41) is 24.4. The number of hydrogen-bond donors (Lipinski definition) is 6. The minimum absolute atomic E-state index is 0.0266. The van der Waals surface area contributed by atoms with Gasteiger partial charge in [0, 0.05) is 41.0 Å². The Morgan fingerprint density at radius 1 is 1.23 bits per heavy atom. The van der Waals surface area contributed by atoms with Crippen LogP contribution in [0.2, 0.25) is 0 Å². The number of oxime groups is 1. The van der Waals surface area contributed by atoms with Gasteiger partial charge in [-0.05, 0) is 12.1 Å². The molecule has 4 heterocycles. The summed E-state index contributed by atoms with van der Waals surface area (Å²) in [5.41, 5.74) is 17.2. The van der Waals surface area contributed by atoms with E-state index in [9.17, 15) is 24.7 Å². The molecule has 0 radical (unpaired) electrons. The van der Waals surface area contributed by atoms with E-state index in [4.69, 9.17) is 22.2 Å². The lowest BCUT2D eigenvalue weighted by atomic mass is 10.0. The quantitative estimate of drug-likeness (QED) is 0.0448. The molecule has 0 aromatic carbocycles. The summed E-state index contributed by atoms with van der Waals surface area (Å²) >= 11 is 7.27. The molecule has 2 aliphatic heterocycles. The van der Waals surface area contributed by atoms with Crippen LogP contribution in [0.4, 0.5) is 5.82 Å². The number of amides is 2. The highest BCUT2D eigenvalue weighted by Crippen LogP contribution is 2.47. The fourth-order valence-corrected chi connectivity index (χ4v) is 9.62. The smallest absolute Gasteiger partial charge is 0.353 e. The number of fused-ring (bicyclic) bond motifs is 1. The first-order valence-electron chi connectivity index (χ1n) is 11.7. The number of nitrogen functional groups attached to an aromatic ring is 1. The average Bonchev–Trinajstić information content (AvgIpc) is 3.31. The van der Waals surface area contributed by atoms with Gasteiger partial charge in [0.1, 0.15) is 28.6 Å². The zero-order valence-electron chi connectivity index (χ0n) is 20.8. The van der Waals surface area contributed by atoms with Crippen molar-refractivity contribution in [3.8, 4) is 0 Å². The molecule has 214 valence electrons. The number of thioether (sulfide) groups is 4. The Hall–Kier alpha value is -2.48. The number of carboxylic acids is 1. The van der Waals surface area contributed by atoms with Gasteiger partial charge in [0.25, 0.3) is 11.8 Å². The van der Waals surface area contributed by atoms with Gasteiger partial charge >= 0.3 is 5.97 Å². The Kier molecular flexibility index (Phi) is 10.6. The number of aliphatic carboxylic acids is 1. The summed E-state index contributed by atoms with van der Waals surface area (Å²) in [5.74, 6) is -0.143. The molecule has 4 rings (SSSR count). The lowest BCUT2D eigenvalue weighted by Gasteiger charge is -2.49. The summed E-state index contributed by atoms with van der Waals surface area (Å²) in [6.07, 6.45) is 0. The third-order valence-electron chi connectivity index (χ3n) is 5.45. The Labute approximate surface area is 250 Å². The number of hydrogen-bond acceptors (Lipinski definition) is 15. The molecule has 2 aromatic heterocycles. The van der Waals surface area contributed by atoms with Gasteiger partial charge in [-0.1, -0.05) is 34.7 Å². The highest BCUT2D eigenvalue weighted by Gasteiger charge is 2.54. The molecule has 9 N–H and O–H groups in total. The first-order valence-corrected chi connectivity index (χ1v) is 16.6. The number of rotatable bonds is 13. The zero-order chi connectivity index (χ0) is 28.8. The van der Waals surface area contributed by atoms with E-state index in [1.807, 2.05) is 0 Å². The molecule has 2 aliphatic rings. The van der Waals surface area contributed by atoms with Gasteiger partial charge < -0.3 is 32.8 Å². The minimum Gasteiger partial charge on any atom is -0.477 e. The zero-order valence-corrected chi connectivity index (χ0v) is 24.9. The van der Waals surface area contributed by atoms with E-state index in [1.54, 1.807) is 11.8 Å². The summed E-state index contributed by atoms with van der Waals surface area (Å²) in [6, 6.07) is 3.47. The Balaban J connectivity index is 1.53. The number of nitrogens with one attached hydrogen (secondary N) is 1. The molecular weight excluding hydrogens is 617 g/mol. The van der Waals surface area contributed by atoms with Crippen molar-refractivity contribution in [1.82, 2.24) is 20.2 Å². The molecule has 13 nitrogen and oxygen atoms in total. The number of nitrogens with zero attached hydrogens (tertiary/aromatic N) is 4. The Morgan fingerprint density at radius 3 is 2.67 bits per heavy atom. The molecule has 0 aliphatic carbocycles. The molecule has 1 fully saturated rings. The number of carboxylic acid groups (broad SMARTS) is 1. The van der Waals surface area contributed by atoms with Crippen LogP contribution in [0.3, 0.4) is 0 Å². The molecule has 18 heteroatoms. The van der Waals surface area contributed by atoms with Crippen LogP contribution in [-0.4, -0.2) is 90.4 Å². The van der Waals surface area contributed by atoms with Gasteiger partial charge in [0.2, 0.25) is 0 Å². The monoisotopic (exact) mass is 642 g/mol. The van der Waals surface area contributed by atoms with Crippen LogP contribution in [0.5, 0.6) is 0 Å². The SMILES string of the molecule is NCCSCc1nc(SCCN)sc1SC1=C(C(=O)O)N2C(=O)[C@@H](NC(=O)/C(=N/O)c3cccc(N)n3)[C@H]2SC1. The predicted molar refractivity (Wildman–Crippen MR) is 160 cm³/mol. The molecule has 2 amide bonds. The van der Waals surface area contributed by atoms with E-state index in [1.165, 1.54) is 69.7 Å². The molecule has 0 spiro atoms. The Bertz CT molecular complexity index is 1350. The van der Waals surface area contributed by atoms with Gasteiger partial charge in [-0.15, -0.1) is 23.1 Å². The molecule has 0 saturated carbocycles. The number of aromatic nitrogens is 2. The van der Waals surface area contributed by atoms with Gasteiger partial charge in [-0.25, -0.2) is 14.8 Å². The van der Waals surface area contributed by atoms with E-state index in [0.29, 0.717) is 35.3 Å². The highest BCUT2D eigenvalue weighted by atomic mass is 32.2. The first kappa shape index (κ1) is 30.5. The minimum atomic E-state index is -1.24. The average molecular weight is 643 g/mol. The van der Waals surface area contributed by atoms with E-state index in [0.717, 1.165) is 20.0 Å². The van der Waals surface area contributed by atoms with E-state index in [2.05, 4.69) is 15.5 Å². The standard InChI is InChI=1S/C22H26N8O5S5/c23-4-6-36-8-11-21(40-22(27-11)37-7-5-24)39-12-9-38-19-15(18(32)30(19)16(12)20(33)34)28-17(31)14(29-35)10-2-1-3-13(25)26-10/h1-3,15,19,35H,4-9,23-24H2,(H2,25,26)(H,28,31)(H,33,34)/b29-14+/t15-,19-/m1/s1. The fraction of sp³-hybridized carbons (Fsp3) is 0.364. The lowest BCUT2D eigenvalue weighted by molar-refractivity contribution is -0.150. The van der Waals surface area contributed by atoms with E-state index in [-0.39, 0.29) is 17.2 Å². The van der Waals surface area contributed by atoms with Crippen LogP contribution in [0.15, 0.2) is 42.5 Å². The highest BCUT2D eigenvalue weighted by molar-refractivity contribution is 8.08. The Morgan fingerprint density at radius 2 is 2.00 bits per heavy atom. The maximum absolute atomic E-state index is 13.1. The first-order chi connectivity index (χ1) is 19.3.